The van der Waals surface area contributed by atoms with Crippen molar-refractivity contribution in [2.45, 2.75) is 78.1 Å². The fourth-order valence-corrected chi connectivity index (χ4v) is 2.49. The summed E-state index contributed by atoms with van der Waals surface area (Å²) < 4.78 is 0.0327. The van der Waals surface area contributed by atoms with Crippen LogP contribution in [0.15, 0.2) is 0 Å². The van der Waals surface area contributed by atoms with Crippen LogP contribution in [-0.2, 0) is 0 Å². The lowest BCUT2D eigenvalue weighted by Gasteiger charge is -2.37. The molecule has 0 aromatic heterocycles. The van der Waals surface area contributed by atoms with E-state index in [1.807, 2.05) is 0 Å². The Kier molecular flexibility index (Phi) is 8.01. The number of nitrogens with one attached hydrogen (secondary N) is 2. The van der Waals surface area contributed by atoms with E-state index < -0.39 is 0 Å². The van der Waals surface area contributed by atoms with Gasteiger partial charge in [-0.3, -0.25) is 0 Å². The van der Waals surface area contributed by atoms with E-state index in [4.69, 9.17) is 12.6 Å². The molecular formula is C16H36N2S. The van der Waals surface area contributed by atoms with Crippen LogP contribution in [0.4, 0.5) is 0 Å². The Bertz CT molecular complexity index is 247. The number of hydrogen-bond acceptors (Lipinski definition) is 3. The van der Waals surface area contributed by atoms with Crippen molar-refractivity contribution >= 4 is 12.6 Å². The summed E-state index contributed by atoms with van der Waals surface area (Å²) in [5.41, 5.74) is 0.364. The minimum absolute atomic E-state index is 0.0327. The van der Waals surface area contributed by atoms with Gasteiger partial charge in [0.25, 0.3) is 0 Å². The topological polar surface area (TPSA) is 24.1 Å². The van der Waals surface area contributed by atoms with Crippen LogP contribution in [0.2, 0.25) is 0 Å². The Morgan fingerprint density at radius 2 is 1.53 bits per heavy atom. The number of thiol groups is 1. The van der Waals surface area contributed by atoms with Crippen molar-refractivity contribution in [3.05, 3.63) is 0 Å². The molecule has 0 aromatic carbocycles. The average molecular weight is 289 g/mol. The average Bonchev–Trinajstić information content (AvgIpc) is 2.24. The van der Waals surface area contributed by atoms with Gasteiger partial charge in [0, 0.05) is 23.4 Å². The van der Waals surface area contributed by atoms with E-state index >= 15 is 0 Å². The highest BCUT2D eigenvalue weighted by atomic mass is 32.1. The summed E-state index contributed by atoms with van der Waals surface area (Å²) in [7, 11) is 2.07. The van der Waals surface area contributed by atoms with Gasteiger partial charge in [0.2, 0.25) is 0 Å². The predicted molar refractivity (Wildman–Crippen MR) is 91.2 cm³/mol. The van der Waals surface area contributed by atoms with Crippen LogP contribution in [0.5, 0.6) is 0 Å². The summed E-state index contributed by atoms with van der Waals surface area (Å²) in [5, 5.41) is 6.98. The smallest absolute Gasteiger partial charge is 0.0241 e. The van der Waals surface area contributed by atoms with Crippen molar-refractivity contribution in [2.24, 2.45) is 11.3 Å². The maximum atomic E-state index is 4.85. The lowest BCUT2D eigenvalue weighted by molar-refractivity contribution is 0.193. The summed E-state index contributed by atoms with van der Waals surface area (Å²) >= 11 is 4.85. The van der Waals surface area contributed by atoms with Gasteiger partial charge in [-0.1, -0.05) is 41.5 Å². The quantitative estimate of drug-likeness (QED) is 0.563. The van der Waals surface area contributed by atoms with Crippen molar-refractivity contribution in [2.75, 3.05) is 13.6 Å². The van der Waals surface area contributed by atoms with Crippen LogP contribution in [0, 0.1) is 11.3 Å². The van der Waals surface area contributed by atoms with Crippen molar-refractivity contribution in [1.29, 1.82) is 0 Å². The highest BCUT2D eigenvalue weighted by Crippen LogP contribution is 2.34. The lowest BCUT2D eigenvalue weighted by Crippen LogP contribution is -2.43. The molecule has 0 spiro atoms. The molecule has 0 saturated heterocycles. The number of hydrogen-bond donors (Lipinski definition) is 3. The zero-order chi connectivity index (χ0) is 15.3. The maximum Gasteiger partial charge on any atom is 0.0241 e. The molecule has 0 fully saturated rings. The minimum Gasteiger partial charge on any atom is -0.317 e. The normalized spacial score (nSPS) is 17.8. The van der Waals surface area contributed by atoms with E-state index in [1.54, 1.807) is 0 Å². The molecule has 2 nitrogen and oxygen atoms in total. The fraction of sp³-hybridized carbons (Fsp3) is 1.00. The molecular weight excluding hydrogens is 252 g/mol. The van der Waals surface area contributed by atoms with Gasteiger partial charge in [0.05, 0.1) is 0 Å². The van der Waals surface area contributed by atoms with Crippen molar-refractivity contribution in [1.82, 2.24) is 10.6 Å². The molecule has 0 aromatic rings. The first-order valence-corrected chi connectivity index (χ1v) is 8.08. The molecule has 0 radical (unpaired) electrons. The molecule has 0 aliphatic heterocycles. The Labute approximate surface area is 126 Å². The second kappa shape index (κ2) is 7.90. The van der Waals surface area contributed by atoms with E-state index in [0.717, 1.165) is 13.0 Å². The Hall–Kier alpha value is 0.270. The van der Waals surface area contributed by atoms with E-state index in [-0.39, 0.29) is 4.75 Å². The lowest BCUT2D eigenvalue weighted by atomic mass is 9.75. The van der Waals surface area contributed by atoms with E-state index in [9.17, 15) is 0 Å². The van der Waals surface area contributed by atoms with Crippen LogP contribution in [0.3, 0.4) is 0 Å². The minimum atomic E-state index is 0.0327. The molecule has 0 bridgehead atoms. The van der Waals surface area contributed by atoms with E-state index in [0.29, 0.717) is 23.4 Å². The molecule has 0 heterocycles. The van der Waals surface area contributed by atoms with Gasteiger partial charge in [0.1, 0.15) is 0 Å². The fourth-order valence-electron chi connectivity index (χ4n) is 2.17. The molecule has 0 saturated carbocycles. The molecule has 19 heavy (non-hydrogen) atoms. The molecule has 2 atom stereocenters. The van der Waals surface area contributed by atoms with Gasteiger partial charge in [-0.15, -0.1) is 0 Å². The largest absolute Gasteiger partial charge is 0.317 e. The molecule has 0 aliphatic rings. The molecule has 116 valence electrons. The summed E-state index contributed by atoms with van der Waals surface area (Å²) in [5.74, 6) is 0.698. The molecule has 0 amide bonds. The number of rotatable bonds is 9. The maximum absolute atomic E-state index is 4.85. The van der Waals surface area contributed by atoms with Gasteiger partial charge in [-0.2, -0.15) is 12.6 Å². The van der Waals surface area contributed by atoms with E-state index in [1.165, 1.54) is 6.42 Å². The van der Waals surface area contributed by atoms with E-state index in [2.05, 4.69) is 66.1 Å². The Morgan fingerprint density at radius 1 is 1.00 bits per heavy atom. The van der Waals surface area contributed by atoms with Gasteiger partial charge in [-0.05, 0) is 38.1 Å². The molecule has 0 aliphatic carbocycles. The van der Waals surface area contributed by atoms with Gasteiger partial charge < -0.3 is 10.6 Å². The summed E-state index contributed by atoms with van der Waals surface area (Å²) in [6.45, 7) is 16.9. The van der Waals surface area contributed by atoms with Crippen LogP contribution in [0.1, 0.15) is 61.3 Å². The summed E-state index contributed by atoms with van der Waals surface area (Å²) in [4.78, 5) is 0. The first-order valence-electron chi connectivity index (χ1n) is 7.63. The highest BCUT2D eigenvalue weighted by Gasteiger charge is 2.30. The molecule has 2 N–H and O–H groups in total. The van der Waals surface area contributed by atoms with Crippen molar-refractivity contribution in [3.63, 3.8) is 0 Å². The second-order valence-electron chi connectivity index (χ2n) is 7.57. The van der Waals surface area contributed by atoms with Crippen LogP contribution in [-0.4, -0.2) is 30.4 Å². The van der Waals surface area contributed by atoms with Gasteiger partial charge in [0.15, 0.2) is 0 Å². The summed E-state index contributed by atoms with van der Waals surface area (Å²) in [6, 6.07) is 1.04. The Balaban J connectivity index is 4.46. The zero-order valence-electron chi connectivity index (χ0n) is 14.3. The first kappa shape index (κ1) is 19.3. The van der Waals surface area contributed by atoms with Crippen molar-refractivity contribution in [3.8, 4) is 0 Å². The van der Waals surface area contributed by atoms with Gasteiger partial charge >= 0.3 is 0 Å². The van der Waals surface area contributed by atoms with Crippen LogP contribution in [0.25, 0.3) is 0 Å². The standard InChI is InChI=1S/C16H36N2S/c1-12(2)15(5,6)9-14(17-8)10-16(7,19)11-18-13(3)4/h12-14,17-19H,9-11H2,1-8H3. The molecule has 0 rings (SSSR count). The third-order valence-electron chi connectivity index (χ3n) is 4.32. The summed E-state index contributed by atoms with van der Waals surface area (Å²) in [6.07, 6.45) is 2.28. The zero-order valence-corrected chi connectivity index (χ0v) is 15.2. The predicted octanol–water partition coefficient (Wildman–Crippen LogP) is 3.72. The third kappa shape index (κ3) is 8.21. The van der Waals surface area contributed by atoms with Crippen molar-refractivity contribution < 1.29 is 0 Å². The van der Waals surface area contributed by atoms with Crippen LogP contribution >= 0.6 is 12.6 Å². The highest BCUT2D eigenvalue weighted by molar-refractivity contribution is 7.81. The Morgan fingerprint density at radius 3 is 1.89 bits per heavy atom. The first-order chi connectivity index (χ1) is 8.50. The second-order valence-corrected chi connectivity index (χ2v) is 8.65. The van der Waals surface area contributed by atoms with Crippen LogP contribution < -0.4 is 10.6 Å². The SMILES string of the molecule is CNC(CC(C)(S)CNC(C)C)CC(C)(C)C(C)C. The molecule has 3 heteroatoms. The third-order valence-corrected chi connectivity index (χ3v) is 4.66. The monoisotopic (exact) mass is 288 g/mol. The van der Waals surface area contributed by atoms with Gasteiger partial charge in [-0.25, -0.2) is 0 Å². The molecule has 2 unspecified atom stereocenters.